The van der Waals surface area contributed by atoms with Crippen LogP contribution in [0.1, 0.15) is 26.3 Å². The van der Waals surface area contributed by atoms with E-state index >= 15 is 0 Å². The van der Waals surface area contributed by atoms with Crippen LogP contribution < -0.4 is 5.32 Å². The number of hydrogen-bond donors (Lipinski definition) is 1. The fraction of sp³-hybridized carbons (Fsp3) is 0.100. The zero-order chi connectivity index (χ0) is 21.5. The number of alkyl halides is 3. The van der Waals surface area contributed by atoms with Gasteiger partial charge in [-0.15, -0.1) is 11.3 Å². The Morgan fingerprint density at radius 3 is 2.33 bits per heavy atom. The number of aromatic nitrogens is 1. The van der Waals surface area contributed by atoms with Crippen LogP contribution in [0.5, 0.6) is 0 Å². The van der Waals surface area contributed by atoms with Crippen LogP contribution in [0.2, 0.25) is 0 Å². The Morgan fingerprint density at radius 1 is 1.03 bits per heavy atom. The maximum absolute atomic E-state index is 12.9. The van der Waals surface area contributed by atoms with E-state index < -0.39 is 36.0 Å². The number of benzene rings is 2. The summed E-state index contributed by atoms with van der Waals surface area (Å²) >= 11 is 1.02. The molecule has 6 nitrogen and oxygen atoms in total. The third kappa shape index (κ3) is 3.69. The highest BCUT2D eigenvalue weighted by Crippen LogP contribution is 2.33. The van der Waals surface area contributed by atoms with Gasteiger partial charge in [-0.2, -0.15) is 13.2 Å². The Bertz CT molecular complexity index is 1140. The number of fused-ring (bicyclic) bond motifs is 1. The highest BCUT2D eigenvalue weighted by molar-refractivity contribution is 7.14. The number of halogens is 3. The number of carbonyl (C=O) groups is 3. The molecule has 2 aromatic carbocycles. The van der Waals surface area contributed by atoms with E-state index in [1.54, 1.807) is 12.1 Å². The topological polar surface area (TPSA) is 79.4 Å². The molecule has 152 valence electrons. The number of nitrogens with zero attached hydrogens (tertiary/aromatic N) is 2. The lowest BCUT2D eigenvalue weighted by atomic mass is 10.1. The number of carbonyl (C=O) groups excluding carboxylic acids is 3. The van der Waals surface area contributed by atoms with Crippen molar-refractivity contribution in [3.8, 4) is 11.3 Å². The van der Waals surface area contributed by atoms with Gasteiger partial charge >= 0.3 is 6.18 Å². The van der Waals surface area contributed by atoms with Crippen molar-refractivity contribution in [1.82, 2.24) is 9.88 Å². The van der Waals surface area contributed by atoms with Gasteiger partial charge in [0.15, 0.2) is 5.13 Å². The van der Waals surface area contributed by atoms with Crippen LogP contribution in [-0.2, 0) is 11.0 Å². The summed E-state index contributed by atoms with van der Waals surface area (Å²) in [5.41, 5.74) is 0.182. The van der Waals surface area contributed by atoms with Gasteiger partial charge in [0.05, 0.1) is 22.4 Å². The Kier molecular flexibility index (Phi) is 4.86. The maximum Gasteiger partial charge on any atom is 0.416 e. The molecular formula is C20H12F3N3O3S. The molecule has 2 heterocycles. The lowest BCUT2D eigenvalue weighted by Crippen LogP contribution is -2.37. The monoisotopic (exact) mass is 431 g/mol. The largest absolute Gasteiger partial charge is 0.416 e. The van der Waals surface area contributed by atoms with Gasteiger partial charge in [-0.3, -0.25) is 19.3 Å². The van der Waals surface area contributed by atoms with Crippen LogP contribution >= 0.6 is 11.3 Å². The van der Waals surface area contributed by atoms with Gasteiger partial charge < -0.3 is 5.32 Å². The number of imide groups is 1. The molecule has 0 aliphatic carbocycles. The third-order valence-electron chi connectivity index (χ3n) is 4.42. The average Bonchev–Trinajstić information content (AvgIpc) is 3.27. The first-order valence-electron chi connectivity index (χ1n) is 8.62. The summed E-state index contributed by atoms with van der Waals surface area (Å²) < 4.78 is 38.6. The molecule has 3 amide bonds. The Labute approximate surface area is 172 Å². The lowest BCUT2D eigenvalue weighted by Gasteiger charge is -2.12. The van der Waals surface area contributed by atoms with E-state index in [1.807, 2.05) is 0 Å². The molecule has 1 N–H and O–H groups in total. The fourth-order valence-electron chi connectivity index (χ4n) is 3.00. The molecule has 4 rings (SSSR count). The zero-order valence-electron chi connectivity index (χ0n) is 15.1. The predicted molar refractivity (Wildman–Crippen MR) is 103 cm³/mol. The highest BCUT2D eigenvalue weighted by atomic mass is 32.1. The number of amides is 3. The van der Waals surface area contributed by atoms with Gasteiger partial charge in [0, 0.05) is 10.9 Å². The van der Waals surface area contributed by atoms with Crippen molar-refractivity contribution in [3.05, 3.63) is 70.6 Å². The zero-order valence-corrected chi connectivity index (χ0v) is 15.9. The standard InChI is InChI=1S/C20H12F3N3O3S/c21-20(22,23)12-5-3-4-11(8-12)15-10-30-19(24-15)25-16(27)9-26-17(28)13-6-1-2-7-14(13)18(26)29/h1-8,10H,9H2,(H,24,25,27). The van der Waals surface area contributed by atoms with Crippen molar-refractivity contribution in [1.29, 1.82) is 0 Å². The molecule has 0 radical (unpaired) electrons. The molecule has 0 atom stereocenters. The number of anilines is 1. The molecule has 3 aromatic rings. The normalized spacial score (nSPS) is 13.5. The van der Waals surface area contributed by atoms with Crippen LogP contribution in [0.25, 0.3) is 11.3 Å². The van der Waals surface area contributed by atoms with Crippen molar-refractivity contribution in [2.24, 2.45) is 0 Å². The minimum absolute atomic E-state index is 0.143. The van der Waals surface area contributed by atoms with E-state index in [-0.39, 0.29) is 27.5 Å². The first-order chi connectivity index (χ1) is 14.2. The predicted octanol–water partition coefficient (Wildman–Crippen LogP) is 4.06. The van der Waals surface area contributed by atoms with Crippen molar-refractivity contribution < 1.29 is 27.6 Å². The molecule has 0 spiro atoms. The van der Waals surface area contributed by atoms with Crippen LogP contribution in [0.15, 0.2) is 53.9 Å². The molecule has 1 aliphatic rings. The minimum atomic E-state index is -4.48. The second kappa shape index (κ2) is 7.38. The van der Waals surface area contributed by atoms with Gasteiger partial charge in [-0.25, -0.2) is 4.98 Å². The van der Waals surface area contributed by atoms with Gasteiger partial charge in [0.1, 0.15) is 6.54 Å². The number of hydrogen-bond acceptors (Lipinski definition) is 5. The van der Waals surface area contributed by atoms with E-state index in [4.69, 9.17) is 0 Å². The van der Waals surface area contributed by atoms with E-state index in [1.165, 1.54) is 29.6 Å². The molecule has 0 fully saturated rings. The molecule has 1 aliphatic heterocycles. The molecule has 1 aromatic heterocycles. The molecule has 30 heavy (non-hydrogen) atoms. The van der Waals surface area contributed by atoms with E-state index in [2.05, 4.69) is 10.3 Å². The minimum Gasteiger partial charge on any atom is -0.300 e. The molecular weight excluding hydrogens is 419 g/mol. The number of thiazole rings is 1. The third-order valence-corrected chi connectivity index (χ3v) is 5.17. The number of rotatable bonds is 4. The maximum atomic E-state index is 12.9. The van der Waals surface area contributed by atoms with Crippen molar-refractivity contribution in [3.63, 3.8) is 0 Å². The van der Waals surface area contributed by atoms with E-state index in [0.717, 1.165) is 28.4 Å². The highest BCUT2D eigenvalue weighted by Gasteiger charge is 2.36. The average molecular weight is 431 g/mol. The smallest absolute Gasteiger partial charge is 0.300 e. The SMILES string of the molecule is O=C(CN1C(=O)c2ccccc2C1=O)Nc1nc(-c2cccc(C(F)(F)F)c2)cs1. The summed E-state index contributed by atoms with van der Waals surface area (Å²) in [5, 5.41) is 4.12. The number of nitrogens with one attached hydrogen (secondary N) is 1. The van der Waals surface area contributed by atoms with Crippen molar-refractivity contribution in [2.75, 3.05) is 11.9 Å². The van der Waals surface area contributed by atoms with Crippen molar-refractivity contribution >= 4 is 34.2 Å². The Hall–Kier alpha value is -3.53. The quantitative estimate of drug-likeness (QED) is 0.632. The molecule has 0 saturated carbocycles. The Balaban J connectivity index is 1.46. The summed E-state index contributed by atoms with van der Waals surface area (Å²) in [6.45, 7) is -0.495. The van der Waals surface area contributed by atoms with Gasteiger partial charge in [0.2, 0.25) is 5.91 Å². The second-order valence-electron chi connectivity index (χ2n) is 6.41. The van der Waals surface area contributed by atoms with E-state index in [0.29, 0.717) is 0 Å². The first kappa shape index (κ1) is 19.8. The second-order valence-corrected chi connectivity index (χ2v) is 7.26. The van der Waals surface area contributed by atoms with Crippen LogP contribution in [0.4, 0.5) is 18.3 Å². The molecule has 10 heteroatoms. The Morgan fingerprint density at radius 2 is 1.70 bits per heavy atom. The summed E-state index contributed by atoms with van der Waals surface area (Å²) in [6, 6.07) is 11.0. The van der Waals surface area contributed by atoms with Gasteiger partial charge in [-0.05, 0) is 24.3 Å². The fourth-order valence-corrected chi connectivity index (χ4v) is 3.74. The van der Waals surface area contributed by atoms with Crippen LogP contribution in [0.3, 0.4) is 0 Å². The van der Waals surface area contributed by atoms with Crippen LogP contribution in [-0.4, -0.2) is 34.2 Å². The molecule has 0 bridgehead atoms. The molecule has 0 saturated heterocycles. The summed E-state index contributed by atoms with van der Waals surface area (Å²) in [5.74, 6) is -1.77. The molecule has 0 unspecified atom stereocenters. The summed E-state index contributed by atoms with van der Waals surface area (Å²) in [4.78, 5) is 41.9. The van der Waals surface area contributed by atoms with E-state index in [9.17, 15) is 27.6 Å². The van der Waals surface area contributed by atoms with Crippen LogP contribution in [0, 0.1) is 0 Å². The van der Waals surface area contributed by atoms with Gasteiger partial charge in [0.25, 0.3) is 11.8 Å². The summed E-state index contributed by atoms with van der Waals surface area (Å²) in [6.07, 6.45) is -4.48. The first-order valence-corrected chi connectivity index (χ1v) is 9.50. The lowest BCUT2D eigenvalue weighted by molar-refractivity contribution is -0.137. The summed E-state index contributed by atoms with van der Waals surface area (Å²) in [7, 11) is 0. The van der Waals surface area contributed by atoms with Crippen molar-refractivity contribution in [2.45, 2.75) is 6.18 Å². The van der Waals surface area contributed by atoms with Gasteiger partial charge in [-0.1, -0.05) is 24.3 Å².